The van der Waals surface area contributed by atoms with Crippen molar-refractivity contribution in [2.75, 3.05) is 0 Å². The van der Waals surface area contributed by atoms with Gasteiger partial charge in [-0.25, -0.2) is 8.78 Å². The van der Waals surface area contributed by atoms with E-state index in [1.54, 1.807) is 0 Å². The molecule has 0 aliphatic heterocycles. The van der Waals surface area contributed by atoms with E-state index < -0.39 is 23.6 Å². The number of carbonyl (C=O) groups excluding carboxylic acids is 1. The minimum absolute atomic E-state index is 0.0369. The third kappa shape index (κ3) is 3.39. The fourth-order valence-electron chi connectivity index (χ4n) is 1.92. The maximum Gasteiger partial charge on any atom is 0.239 e. The molecular weight excluding hydrogens is 262 g/mol. The molecule has 0 heterocycles. The standard InChI is InChI=1S/C15H14F2N2O/c16-11-6-7-12(13(17)8-11)14(15(18)20)19-9-10-4-2-1-3-5-10/h1-8,14,19H,9H2,(H2,18,20). The first-order chi connectivity index (χ1) is 9.58. The first kappa shape index (κ1) is 14.1. The van der Waals surface area contributed by atoms with Crippen LogP contribution in [0.5, 0.6) is 0 Å². The van der Waals surface area contributed by atoms with Gasteiger partial charge in [0.05, 0.1) is 0 Å². The number of hydrogen-bond donors (Lipinski definition) is 2. The molecule has 5 heteroatoms. The summed E-state index contributed by atoms with van der Waals surface area (Å²) < 4.78 is 26.6. The summed E-state index contributed by atoms with van der Waals surface area (Å²) >= 11 is 0. The van der Waals surface area contributed by atoms with Crippen LogP contribution in [0.15, 0.2) is 48.5 Å². The van der Waals surface area contributed by atoms with Crippen LogP contribution in [0.3, 0.4) is 0 Å². The lowest BCUT2D eigenvalue weighted by molar-refractivity contribution is -0.120. The summed E-state index contributed by atoms with van der Waals surface area (Å²) in [6.07, 6.45) is 0. The highest BCUT2D eigenvalue weighted by Crippen LogP contribution is 2.18. The highest BCUT2D eigenvalue weighted by atomic mass is 19.1. The Hall–Kier alpha value is -2.27. The summed E-state index contributed by atoms with van der Waals surface area (Å²) in [7, 11) is 0. The predicted molar refractivity (Wildman–Crippen MR) is 71.6 cm³/mol. The van der Waals surface area contributed by atoms with Gasteiger partial charge >= 0.3 is 0 Å². The Kier molecular flexibility index (Phi) is 4.42. The van der Waals surface area contributed by atoms with Crippen molar-refractivity contribution in [1.29, 1.82) is 0 Å². The Bertz CT molecular complexity index is 602. The van der Waals surface area contributed by atoms with Gasteiger partial charge in [-0.2, -0.15) is 0 Å². The Morgan fingerprint density at radius 1 is 1.15 bits per heavy atom. The normalized spacial score (nSPS) is 12.1. The molecule has 0 radical (unpaired) electrons. The molecule has 0 spiro atoms. The summed E-state index contributed by atoms with van der Waals surface area (Å²) in [4.78, 5) is 11.5. The van der Waals surface area contributed by atoms with Crippen LogP contribution in [0.1, 0.15) is 17.2 Å². The van der Waals surface area contributed by atoms with E-state index in [2.05, 4.69) is 5.32 Å². The molecule has 3 nitrogen and oxygen atoms in total. The second kappa shape index (κ2) is 6.25. The third-order valence-electron chi connectivity index (χ3n) is 2.91. The van der Waals surface area contributed by atoms with E-state index in [1.165, 1.54) is 6.07 Å². The number of amides is 1. The minimum atomic E-state index is -1.00. The van der Waals surface area contributed by atoms with Crippen LogP contribution in [0.25, 0.3) is 0 Å². The summed E-state index contributed by atoms with van der Waals surface area (Å²) in [5, 5.41) is 2.88. The third-order valence-corrected chi connectivity index (χ3v) is 2.91. The van der Waals surface area contributed by atoms with E-state index in [1.807, 2.05) is 30.3 Å². The topological polar surface area (TPSA) is 55.1 Å². The molecule has 20 heavy (non-hydrogen) atoms. The molecule has 0 aliphatic rings. The van der Waals surface area contributed by atoms with E-state index in [0.29, 0.717) is 6.54 Å². The minimum Gasteiger partial charge on any atom is -0.368 e. The Morgan fingerprint density at radius 3 is 2.45 bits per heavy atom. The summed E-state index contributed by atoms with van der Waals surface area (Å²) in [6.45, 7) is 0.352. The van der Waals surface area contributed by atoms with Gasteiger partial charge in [0.1, 0.15) is 17.7 Å². The molecule has 1 unspecified atom stereocenters. The zero-order valence-electron chi connectivity index (χ0n) is 10.6. The fraction of sp³-hybridized carbons (Fsp3) is 0.133. The van der Waals surface area contributed by atoms with E-state index in [4.69, 9.17) is 5.73 Å². The molecule has 2 aromatic carbocycles. The van der Waals surface area contributed by atoms with Crippen molar-refractivity contribution in [3.05, 3.63) is 71.3 Å². The largest absolute Gasteiger partial charge is 0.368 e. The van der Waals surface area contributed by atoms with Gasteiger partial charge in [-0.15, -0.1) is 0 Å². The SMILES string of the molecule is NC(=O)C(NCc1ccccc1)c1ccc(F)cc1F. The number of primary amides is 1. The Labute approximate surface area is 115 Å². The molecule has 0 aliphatic carbocycles. The van der Waals surface area contributed by atoms with Gasteiger partial charge in [0.2, 0.25) is 5.91 Å². The molecule has 104 valence electrons. The van der Waals surface area contributed by atoms with E-state index in [9.17, 15) is 13.6 Å². The molecule has 0 aromatic heterocycles. The number of rotatable bonds is 5. The van der Waals surface area contributed by atoms with Crippen molar-refractivity contribution in [2.45, 2.75) is 12.6 Å². The van der Waals surface area contributed by atoms with Crippen LogP contribution in [-0.4, -0.2) is 5.91 Å². The van der Waals surface area contributed by atoms with Crippen LogP contribution in [0.4, 0.5) is 8.78 Å². The molecule has 1 amide bonds. The van der Waals surface area contributed by atoms with Crippen LogP contribution >= 0.6 is 0 Å². The maximum absolute atomic E-state index is 13.7. The van der Waals surface area contributed by atoms with Crippen molar-refractivity contribution in [3.8, 4) is 0 Å². The highest BCUT2D eigenvalue weighted by Gasteiger charge is 2.21. The van der Waals surface area contributed by atoms with Crippen LogP contribution in [0.2, 0.25) is 0 Å². The zero-order valence-corrected chi connectivity index (χ0v) is 10.6. The quantitative estimate of drug-likeness (QED) is 0.880. The van der Waals surface area contributed by atoms with Gasteiger partial charge in [0.25, 0.3) is 0 Å². The lowest BCUT2D eigenvalue weighted by Crippen LogP contribution is -2.34. The van der Waals surface area contributed by atoms with Gasteiger partial charge in [0, 0.05) is 18.2 Å². The zero-order chi connectivity index (χ0) is 14.5. The second-order valence-electron chi connectivity index (χ2n) is 4.37. The Morgan fingerprint density at radius 2 is 1.85 bits per heavy atom. The van der Waals surface area contributed by atoms with Gasteiger partial charge in [0.15, 0.2) is 0 Å². The lowest BCUT2D eigenvalue weighted by Gasteiger charge is -2.16. The number of carbonyl (C=O) groups is 1. The van der Waals surface area contributed by atoms with Crippen LogP contribution in [0, 0.1) is 11.6 Å². The molecular formula is C15H14F2N2O. The number of benzene rings is 2. The smallest absolute Gasteiger partial charge is 0.239 e. The molecule has 0 saturated carbocycles. The average Bonchev–Trinajstić information content (AvgIpc) is 2.42. The molecule has 0 bridgehead atoms. The van der Waals surface area contributed by atoms with E-state index in [-0.39, 0.29) is 5.56 Å². The van der Waals surface area contributed by atoms with Crippen LogP contribution < -0.4 is 11.1 Å². The highest BCUT2D eigenvalue weighted by molar-refractivity contribution is 5.81. The molecule has 0 saturated heterocycles. The number of nitrogens with one attached hydrogen (secondary N) is 1. The lowest BCUT2D eigenvalue weighted by atomic mass is 10.0. The van der Waals surface area contributed by atoms with E-state index >= 15 is 0 Å². The van der Waals surface area contributed by atoms with Crippen molar-refractivity contribution < 1.29 is 13.6 Å². The maximum atomic E-state index is 13.7. The average molecular weight is 276 g/mol. The first-order valence-electron chi connectivity index (χ1n) is 6.09. The van der Waals surface area contributed by atoms with Crippen LogP contribution in [-0.2, 0) is 11.3 Å². The van der Waals surface area contributed by atoms with Gasteiger partial charge in [-0.05, 0) is 11.6 Å². The molecule has 2 aromatic rings. The number of hydrogen-bond acceptors (Lipinski definition) is 2. The van der Waals surface area contributed by atoms with Gasteiger partial charge in [-0.3, -0.25) is 10.1 Å². The van der Waals surface area contributed by atoms with Crippen molar-refractivity contribution >= 4 is 5.91 Å². The van der Waals surface area contributed by atoms with Crippen molar-refractivity contribution in [2.24, 2.45) is 5.73 Å². The van der Waals surface area contributed by atoms with Gasteiger partial charge in [-0.1, -0.05) is 36.4 Å². The summed E-state index contributed by atoms with van der Waals surface area (Å²) in [6, 6.07) is 11.4. The molecule has 1 atom stereocenters. The molecule has 0 fully saturated rings. The molecule has 2 rings (SSSR count). The number of nitrogens with two attached hydrogens (primary N) is 1. The van der Waals surface area contributed by atoms with Crippen molar-refractivity contribution in [1.82, 2.24) is 5.32 Å². The summed E-state index contributed by atoms with van der Waals surface area (Å²) in [5.74, 6) is -2.21. The fourth-order valence-corrected chi connectivity index (χ4v) is 1.92. The van der Waals surface area contributed by atoms with Gasteiger partial charge < -0.3 is 5.73 Å². The summed E-state index contributed by atoms with van der Waals surface area (Å²) in [5.41, 5.74) is 6.25. The Balaban J connectivity index is 2.17. The van der Waals surface area contributed by atoms with E-state index in [0.717, 1.165) is 17.7 Å². The predicted octanol–water partition coefficient (Wildman–Crippen LogP) is 2.28. The first-order valence-corrected chi connectivity index (χ1v) is 6.09. The number of halogens is 2. The monoisotopic (exact) mass is 276 g/mol. The van der Waals surface area contributed by atoms with Crippen molar-refractivity contribution in [3.63, 3.8) is 0 Å². The molecule has 3 N–H and O–H groups in total. The second-order valence-corrected chi connectivity index (χ2v) is 4.37.